The molecule has 26 heavy (non-hydrogen) atoms. The van der Waals surface area contributed by atoms with Gasteiger partial charge in [0, 0.05) is 11.9 Å². The van der Waals surface area contributed by atoms with Crippen LogP contribution in [0.25, 0.3) is 5.65 Å². The van der Waals surface area contributed by atoms with Crippen LogP contribution < -0.4 is 5.32 Å². The van der Waals surface area contributed by atoms with Crippen molar-refractivity contribution in [2.75, 3.05) is 11.1 Å². The van der Waals surface area contributed by atoms with Gasteiger partial charge in [-0.15, -0.1) is 10.2 Å². The zero-order valence-corrected chi connectivity index (χ0v) is 15.0. The number of carbonyl (C=O) groups excluding carboxylic acids is 1. The first kappa shape index (κ1) is 18.8. The van der Waals surface area contributed by atoms with Gasteiger partial charge in [-0.1, -0.05) is 35.0 Å². The van der Waals surface area contributed by atoms with Gasteiger partial charge >= 0.3 is 6.18 Å². The fourth-order valence-corrected chi connectivity index (χ4v) is 3.29. The molecule has 0 bridgehead atoms. The van der Waals surface area contributed by atoms with Gasteiger partial charge in [-0.05, 0) is 30.3 Å². The Morgan fingerprint density at radius 1 is 1.19 bits per heavy atom. The van der Waals surface area contributed by atoms with E-state index in [0.717, 1.165) is 23.9 Å². The smallest absolute Gasteiger partial charge is 0.325 e. The van der Waals surface area contributed by atoms with E-state index in [1.807, 2.05) is 0 Å². The molecule has 2 aromatic heterocycles. The molecule has 0 fully saturated rings. The van der Waals surface area contributed by atoms with E-state index in [1.165, 1.54) is 18.2 Å². The second-order valence-corrected chi connectivity index (χ2v) is 6.88. The number of carbonyl (C=O) groups is 1. The quantitative estimate of drug-likeness (QED) is 0.616. The number of rotatable bonds is 4. The topological polar surface area (TPSA) is 59.3 Å². The van der Waals surface area contributed by atoms with Crippen LogP contribution in [0.5, 0.6) is 0 Å². The molecule has 0 spiro atoms. The largest absolute Gasteiger partial charge is 0.416 e. The van der Waals surface area contributed by atoms with Crippen molar-refractivity contribution in [1.82, 2.24) is 14.6 Å². The highest BCUT2D eigenvalue weighted by atomic mass is 35.5. The number of pyridine rings is 1. The van der Waals surface area contributed by atoms with Gasteiger partial charge in [0.1, 0.15) is 0 Å². The molecule has 1 N–H and O–H groups in total. The third-order valence-corrected chi connectivity index (χ3v) is 4.65. The number of hydrogen-bond acceptors (Lipinski definition) is 4. The second kappa shape index (κ2) is 7.34. The lowest BCUT2D eigenvalue weighted by molar-refractivity contribution is -0.137. The molecule has 0 aliphatic rings. The number of nitrogens with zero attached hydrogens (tertiary/aromatic N) is 3. The van der Waals surface area contributed by atoms with Crippen molar-refractivity contribution < 1.29 is 18.0 Å². The second-order valence-electron chi connectivity index (χ2n) is 5.09. The molecule has 0 aliphatic heterocycles. The Morgan fingerprint density at radius 3 is 2.54 bits per heavy atom. The van der Waals surface area contributed by atoms with E-state index in [9.17, 15) is 18.0 Å². The first-order valence-corrected chi connectivity index (χ1v) is 8.78. The van der Waals surface area contributed by atoms with Crippen molar-refractivity contribution in [3.05, 3.63) is 52.1 Å². The molecule has 1 aromatic carbocycles. The van der Waals surface area contributed by atoms with E-state index in [4.69, 9.17) is 23.2 Å². The van der Waals surface area contributed by atoms with Crippen molar-refractivity contribution in [3.63, 3.8) is 0 Å². The Hall–Kier alpha value is -1.97. The molecule has 0 saturated carbocycles. The summed E-state index contributed by atoms with van der Waals surface area (Å²) in [5.41, 5.74) is -0.115. The van der Waals surface area contributed by atoms with Gasteiger partial charge in [0.15, 0.2) is 10.8 Å². The molecule has 0 aliphatic carbocycles. The van der Waals surface area contributed by atoms with Crippen molar-refractivity contribution in [2.45, 2.75) is 11.3 Å². The van der Waals surface area contributed by atoms with E-state index in [2.05, 4.69) is 15.5 Å². The number of amides is 1. The average molecular weight is 421 g/mol. The Morgan fingerprint density at radius 2 is 1.88 bits per heavy atom. The van der Waals surface area contributed by atoms with Gasteiger partial charge in [0.2, 0.25) is 5.91 Å². The molecular formula is C15H9Cl2F3N4OS. The molecule has 1 amide bonds. The number of fused-ring (bicyclic) bond motifs is 1. The number of hydrogen-bond donors (Lipinski definition) is 1. The van der Waals surface area contributed by atoms with Crippen molar-refractivity contribution in [2.24, 2.45) is 0 Å². The zero-order chi connectivity index (χ0) is 18.9. The minimum absolute atomic E-state index is 0.0219. The highest BCUT2D eigenvalue weighted by Gasteiger charge is 2.30. The van der Waals surface area contributed by atoms with Crippen LogP contribution in [0.2, 0.25) is 10.0 Å². The third-order valence-electron chi connectivity index (χ3n) is 3.22. The maximum atomic E-state index is 12.5. The molecule has 0 atom stereocenters. The number of aromatic nitrogens is 3. The Kier molecular flexibility index (Phi) is 5.31. The standard InChI is InChI=1S/C15H9Cl2F3N4OS/c16-9-5-11(17)13-22-23-14(24(13)6-9)26-7-12(25)21-10-3-1-8(2-4-10)15(18,19)20/h1-6H,7H2,(H,21,25). The maximum Gasteiger partial charge on any atom is 0.416 e. The molecular weight excluding hydrogens is 412 g/mol. The first-order valence-electron chi connectivity index (χ1n) is 7.04. The summed E-state index contributed by atoms with van der Waals surface area (Å²) in [5, 5.41) is 11.5. The monoisotopic (exact) mass is 420 g/mol. The molecule has 2 heterocycles. The molecule has 5 nitrogen and oxygen atoms in total. The summed E-state index contributed by atoms with van der Waals surface area (Å²) in [6.07, 6.45) is -2.85. The van der Waals surface area contributed by atoms with E-state index >= 15 is 0 Å². The van der Waals surface area contributed by atoms with Gasteiger partial charge in [-0.3, -0.25) is 9.20 Å². The van der Waals surface area contributed by atoms with E-state index in [0.29, 0.717) is 20.8 Å². The highest BCUT2D eigenvalue weighted by molar-refractivity contribution is 7.99. The third kappa shape index (κ3) is 4.22. The molecule has 0 saturated heterocycles. The van der Waals surface area contributed by atoms with Crippen LogP contribution in [0.4, 0.5) is 18.9 Å². The predicted molar refractivity (Wildman–Crippen MR) is 93.8 cm³/mol. The van der Waals surface area contributed by atoms with Gasteiger partial charge < -0.3 is 5.32 Å². The summed E-state index contributed by atoms with van der Waals surface area (Å²) in [6, 6.07) is 5.71. The summed E-state index contributed by atoms with van der Waals surface area (Å²) in [4.78, 5) is 12.0. The number of benzene rings is 1. The lowest BCUT2D eigenvalue weighted by Gasteiger charge is -2.08. The number of halogens is 5. The normalized spacial score (nSPS) is 11.7. The van der Waals surface area contributed by atoms with E-state index in [1.54, 1.807) is 10.6 Å². The number of nitrogens with one attached hydrogen (secondary N) is 1. The summed E-state index contributed by atoms with van der Waals surface area (Å²) < 4.78 is 39.1. The lowest BCUT2D eigenvalue weighted by Crippen LogP contribution is -2.14. The SMILES string of the molecule is O=C(CSc1nnc2c(Cl)cc(Cl)cn12)Nc1ccc(C(F)(F)F)cc1. The predicted octanol–water partition coefficient (Wildman–Crippen LogP) is 4.79. The zero-order valence-electron chi connectivity index (χ0n) is 12.7. The fraction of sp³-hybridized carbons (Fsp3) is 0.133. The van der Waals surface area contributed by atoms with Gasteiger partial charge in [-0.2, -0.15) is 13.2 Å². The van der Waals surface area contributed by atoms with E-state index < -0.39 is 17.6 Å². The molecule has 3 rings (SSSR count). The molecule has 0 radical (unpaired) electrons. The average Bonchev–Trinajstić information content (AvgIpc) is 2.96. The van der Waals surface area contributed by atoms with E-state index in [-0.39, 0.29) is 11.4 Å². The number of thioether (sulfide) groups is 1. The summed E-state index contributed by atoms with van der Waals surface area (Å²) >= 11 is 13.0. The fourth-order valence-electron chi connectivity index (χ4n) is 2.07. The van der Waals surface area contributed by atoms with Gasteiger partial charge in [0.25, 0.3) is 0 Å². The van der Waals surface area contributed by atoms with Crippen LogP contribution in [-0.4, -0.2) is 26.3 Å². The van der Waals surface area contributed by atoms with Crippen molar-refractivity contribution in [1.29, 1.82) is 0 Å². The number of anilines is 1. The molecule has 136 valence electrons. The molecule has 3 aromatic rings. The maximum absolute atomic E-state index is 12.5. The van der Waals surface area contributed by atoms with Crippen LogP contribution in [0, 0.1) is 0 Å². The van der Waals surface area contributed by atoms with Crippen LogP contribution in [0.3, 0.4) is 0 Å². The minimum atomic E-state index is -4.42. The highest BCUT2D eigenvalue weighted by Crippen LogP contribution is 2.30. The summed E-state index contributed by atoms with van der Waals surface area (Å²) in [7, 11) is 0. The summed E-state index contributed by atoms with van der Waals surface area (Å²) in [6.45, 7) is 0. The number of alkyl halides is 3. The minimum Gasteiger partial charge on any atom is -0.325 e. The molecule has 11 heteroatoms. The Labute approximate surface area is 159 Å². The van der Waals surface area contributed by atoms with Crippen LogP contribution >= 0.6 is 35.0 Å². The summed E-state index contributed by atoms with van der Waals surface area (Å²) in [5.74, 6) is -0.425. The lowest BCUT2D eigenvalue weighted by atomic mass is 10.2. The molecule has 0 unspecified atom stereocenters. The van der Waals surface area contributed by atoms with Crippen LogP contribution in [-0.2, 0) is 11.0 Å². The van der Waals surface area contributed by atoms with Crippen molar-refractivity contribution >= 4 is 52.2 Å². The van der Waals surface area contributed by atoms with Crippen LogP contribution in [0.1, 0.15) is 5.56 Å². The van der Waals surface area contributed by atoms with Gasteiger partial charge in [0.05, 0.1) is 21.4 Å². The van der Waals surface area contributed by atoms with Gasteiger partial charge in [-0.25, -0.2) is 0 Å². The first-order chi connectivity index (χ1) is 12.2. The Bertz CT molecular complexity index is 960. The Balaban J connectivity index is 1.64. The van der Waals surface area contributed by atoms with Crippen LogP contribution in [0.15, 0.2) is 41.7 Å². The van der Waals surface area contributed by atoms with Crippen molar-refractivity contribution in [3.8, 4) is 0 Å².